The topological polar surface area (TPSA) is 99.8 Å². The van der Waals surface area contributed by atoms with Crippen molar-refractivity contribution in [1.82, 2.24) is 20.3 Å². The fraction of sp³-hybridized carbons (Fsp3) is 0.176. The number of benzene rings is 1. The molecule has 2 amide bonds. The van der Waals surface area contributed by atoms with Crippen molar-refractivity contribution in [1.29, 1.82) is 0 Å². The monoisotopic (exact) mass is 389 g/mol. The maximum Gasteiger partial charge on any atom is 0.251 e. The van der Waals surface area contributed by atoms with E-state index in [-0.39, 0.29) is 17.6 Å². The molecule has 3 rings (SSSR count). The van der Waals surface area contributed by atoms with Gasteiger partial charge < -0.3 is 15.6 Å². The molecule has 0 radical (unpaired) electrons. The minimum Gasteiger partial charge on any atom is -0.352 e. The minimum atomic E-state index is -0.200. The van der Waals surface area contributed by atoms with Crippen molar-refractivity contribution in [3.63, 3.8) is 0 Å². The number of carbonyl (C=O) groups excluding carboxylic acids is 2. The number of carbonyl (C=O) groups is 2. The van der Waals surface area contributed by atoms with Gasteiger partial charge in [-0.2, -0.15) is 0 Å². The van der Waals surface area contributed by atoms with Crippen LogP contribution in [0.15, 0.2) is 41.7 Å². The summed E-state index contributed by atoms with van der Waals surface area (Å²) in [4.78, 5) is 35.5. The second kappa shape index (κ2) is 8.20. The third-order valence-corrected chi connectivity index (χ3v) is 4.45. The molecule has 0 spiro atoms. The summed E-state index contributed by atoms with van der Waals surface area (Å²) < 4.78 is 0. The molecule has 0 atom stereocenters. The molecule has 7 nitrogen and oxygen atoms in total. The normalized spacial score (nSPS) is 10.7. The zero-order chi connectivity index (χ0) is 18.5. The van der Waals surface area contributed by atoms with E-state index in [1.54, 1.807) is 30.3 Å². The van der Waals surface area contributed by atoms with E-state index in [1.807, 2.05) is 6.92 Å². The van der Waals surface area contributed by atoms with Gasteiger partial charge in [-0.15, -0.1) is 0 Å². The molecule has 0 bridgehead atoms. The number of anilines is 1. The highest BCUT2D eigenvalue weighted by atomic mass is 35.5. The summed E-state index contributed by atoms with van der Waals surface area (Å²) in [6.07, 6.45) is 1.52. The Morgan fingerprint density at radius 3 is 2.96 bits per heavy atom. The lowest BCUT2D eigenvalue weighted by Crippen LogP contribution is -2.23. The van der Waals surface area contributed by atoms with Crippen molar-refractivity contribution < 1.29 is 9.59 Å². The largest absolute Gasteiger partial charge is 0.352 e. The Balaban J connectivity index is 1.60. The molecule has 1 aromatic carbocycles. The van der Waals surface area contributed by atoms with Crippen LogP contribution in [0.4, 0.5) is 5.69 Å². The fourth-order valence-electron chi connectivity index (χ4n) is 2.25. The highest BCUT2D eigenvalue weighted by Crippen LogP contribution is 2.20. The van der Waals surface area contributed by atoms with Gasteiger partial charge in [-0.25, -0.2) is 9.97 Å². The Bertz CT molecular complexity index is 959. The number of hydrogen-bond acceptors (Lipinski definition) is 5. The molecule has 0 aliphatic carbocycles. The molecule has 0 unspecified atom stereocenters. The van der Waals surface area contributed by atoms with Gasteiger partial charge >= 0.3 is 0 Å². The highest BCUT2D eigenvalue weighted by molar-refractivity contribution is 7.99. The zero-order valence-corrected chi connectivity index (χ0v) is 15.4. The minimum absolute atomic E-state index is 0.166. The number of hydrogen-bond donors (Lipinski definition) is 3. The molecular weight excluding hydrogens is 374 g/mol. The number of aromatic nitrogens is 3. The quantitative estimate of drug-likeness (QED) is 0.562. The first-order valence-electron chi connectivity index (χ1n) is 7.87. The second-order valence-corrected chi connectivity index (χ2v) is 6.74. The van der Waals surface area contributed by atoms with Gasteiger partial charge in [0.25, 0.3) is 5.91 Å². The molecule has 0 saturated carbocycles. The van der Waals surface area contributed by atoms with Crippen LogP contribution in [0.3, 0.4) is 0 Å². The summed E-state index contributed by atoms with van der Waals surface area (Å²) in [5.74, 6) is -0.209. The van der Waals surface area contributed by atoms with E-state index < -0.39 is 0 Å². The van der Waals surface area contributed by atoms with Gasteiger partial charge in [0.15, 0.2) is 10.8 Å². The zero-order valence-electron chi connectivity index (χ0n) is 13.9. The maximum atomic E-state index is 12.2. The fourth-order valence-corrected chi connectivity index (χ4v) is 3.08. The Morgan fingerprint density at radius 1 is 1.31 bits per heavy atom. The summed E-state index contributed by atoms with van der Waals surface area (Å²) in [5, 5.41) is 6.60. The number of pyridine rings is 1. The average Bonchev–Trinajstić information content (AvgIpc) is 3.02. The van der Waals surface area contributed by atoms with Crippen molar-refractivity contribution in [2.75, 3.05) is 17.6 Å². The van der Waals surface area contributed by atoms with Crippen LogP contribution in [0.1, 0.15) is 17.3 Å². The lowest BCUT2D eigenvalue weighted by molar-refractivity contribution is -0.113. The molecule has 0 saturated heterocycles. The molecule has 0 aliphatic rings. The van der Waals surface area contributed by atoms with Crippen molar-refractivity contribution in [2.24, 2.45) is 0 Å². The molecular formula is C17H16ClN5O2S. The van der Waals surface area contributed by atoms with E-state index in [0.29, 0.717) is 33.6 Å². The first-order valence-corrected chi connectivity index (χ1v) is 9.23. The van der Waals surface area contributed by atoms with Crippen LogP contribution < -0.4 is 10.6 Å². The number of thioether (sulfide) groups is 1. The van der Waals surface area contributed by atoms with E-state index in [4.69, 9.17) is 11.6 Å². The Hall–Kier alpha value is -2.58. The van der Waals surface area contributed by atoms with Crippen LogP contribution in [-0.2, 0) is 4.79 Å². The standard InChI is InChI=1S/C17H16ClN5O2S/c1-2-19-16(25)10-4-3-5-12(6-10)21-14(24)9-26-17-22-13-7-11(18)8-20-15(13)23-17/h3-8H,2,9H2,1H3,(H,19,25)(H,21,24)(H,20,22,23). The maximum absolute atomic E-state index is 12.2. The number of imidazole rings is 1. The number of aromatic amines is 1. The number of amides is 2. The summed E-state index contributed by atoms with van der Waals surface area (Å²) in [7, 11) is 0. The molecule has 0 aliphatic heterocycles. The first-order chi connectivity index (χ1) is 12.5. The summed E-state index contributed by atoms with van der Waals surface area (Å²) in [6, 6.07) is 8.52. The number of nitrogens with zero attached hydrogens (tertiary/aromatic N) is 2. The molecule has 9 heteroatoms. The predicted octanol–water partition coefficient (Wildman–Crippen LogP) is 3.09. The number of nitrogens with one attached hydrogen (secondary N) is 3. The van der Waals surface area contributed by atoms with Gasteiger partial charge in [-0.3, -0.25) is 9.59 Å². The van der Waals surface area contributed by atoms with Crippen molar-refractivity contribution in [3.05, 3.63) is 47.1 Å². The third-order valence-electron chi connectivity index (χ3n) is 3.37. The Kier molecular flexibility index (Phi) is 5.75. The summed E-state index contributed by atoms with van der Waals surface area (Å²) in [6.45, 7) is 2.39. The van der Waals surface area contributed by atoms with Crippen molar-refractivity contribution in [3.8, 4) is 0 Å². The Morgan fingerprint density at radius 2 is 2.15 bits per heavy atom. The number of H-pyrrole nitrogens is 1. The average molecular weight is 390 g/mol. The molecule has 2 heterocycles. The highest BCUT2D eigenvalue weighted by Gasteiger charge is 2.10. The van der Waals surface area contributed by atoms with Crippen molar-refractivity contribution in [2.45, 2.75) is 12.1 Å². The first kappa shape index (κ1) is 18.2. The molecule has 26 heavy (non-hydrogen) atoms. The third kappa shape index (κ3) is 4.53. The second-order valence-electron chi connectivity index (χ2n) is 5.34. The van der Waals surface area contributed by atoms with Gasteiger partial charge in [0.1, 0.15) is 0 Å². The van der Waals surface area contributed by atoms with Crippen LogP contribution in [0.2, 0.25) is 5.02 Å². The molecule has 0 fully saturated rings. The SMILES string of the molecule is CCNC(=O)c1cccc(NC(=O)CSc2nc3ncc(Cl)cc3[nH]2)c1. The number of halogens is 1. The smallest absolute Gasteiger partial charge is 0.251 e. The van der Waals surface area contributed by atoms with Gasteiger partial charge in [0.05, 0.1) is 16.3 Å². The molecule has 3 aromatic rings. The van der Waals surface area contributed by atoms with E-state index in [2.05, 4.69) is 25.6 Å². The Labute approximate surface area is 158 Å². The van der Waals surface area contributed by atoms with Crippen LogP contribution in [0, 0.1) is 0 Å². The van der Waals surface area contributed by atoms with Crippen LogP contribution >= 0.6 is 23.4 Å². The van der Waals surface area contributed by atoms with E-state index in [1.165, 1.54) is 18.0 Å². The van der Waals surface area contributed by atoms with E-state index >= 15 is 0 Å². The van der Waals surface area contributed by atoms with Crippen molar-refractivity contribution >= 4 is 52.0 Å². The predicted molar refractivity (Wildman–Crippen MR) is 103 cm³/mol. The van der Waals surface area contributed by atoms with E-state index in [0.717, 1.165) is 5.52 Å². The van der Waals surface area contributed by atoms with Gasteiger partial charge in [-0.05, 0) is 31.2 Å². The van der Waals surface area contributed by atoms with Gasteiger partial charge in [0, 0.05) is 24.0 Å². The molecule has 2 aromatic heterocycles. The lowest BCUT2D eigenvalue weighted by Gasteiger charge is -2.07. The number of fused-ring (bicyclic) bond motifs is 1. The number of rotatable bonds is 6. The molecule has 134 valence electrons. The van der Waals surface area contributed by atoms with Crippen LogP contribution in [0.5, 0.6) is 0 Å². The lowest BCUT2D eigenvalue weighted by atomic mass is 10.2. The van der Waals surface area contributed by atoms with Gasteiger partial charge in [-0.1, -0.05) is 29.4 Å². The van der Waals surface area contributed by atoms with E-state index in [9.17, 15) is 9.59 Å². The van der Waals surface area contributed by atoms with Gasteiger partial charge in [0.2, 0.25) is 5.91 Å². The molecule has 3 N–H and O–H groups in total. The van der Waals surface area contributed by atoms with Crippen LogP contribution in [-0.4, -0.2) is 39.1 Å². The summed E-state index contributed by atoms with van der Waals surface area (Å²) >= 11 is 7.15. The van der Waals surface area contributed by atoms with Crippen LogP contribution in [0.25, 0.3) is 11.2 Å². The summed E-state index contributed by atoms with van der Waals surface area (Å²) in [5.41, 5.74) is 2.33.